The topological polar surface area (TPSA) is 50.5 Å². The maximum Gasteiger partial charge on any atom is 0.207 e. The number of sulfone groups is 1. The summed E-state index contributed by atoms with van der Waals surface area (Å²) in [6.07, 6.45) is 5.70. The van der Waals surface area contributed by atoms with Gasteiger partial charge in [0.15, 0.2) is 0 Å². The number of hydrogen-bond donors (Lipinski definition) is 0. The molecule has 5 heteroatoms. The normalized spacial score (nSPS) is 21.4. The molecule has 1 aromatic heterocycles. The predicted molar refractivity (Wildman–Crippen MR) is 249 cm³/mol. The van der Waals surface area contributed by atoms with Crippen molar-refractivity contribution in [3.63, 3.8) is 0 Å². The first-order valence-electron chi connectivity index (χ1n) is 21.8. The van der Waals surface area contributed by atoms with Crippen molar-refractivity contribution in [2.24, 2.45) is 17.8 Å². The van der Waals surface area contributed by atoms with E-state index in [-0.39, 0.29) is 5.41 Å². The lowest BCUT2D eigenvalue weighted by Gasteiger charge is -2.57. The molecule has 2 fully saturated rings. The average molecular weight is 812 g/mol. The molecule has 8 aromatic carbocycles. The summed E-state index contributed by atoms with van der Waals surface area (Å²) in [5.74, 6) is 1.44. The third-order valence-corrected chi connectivity index (χ3v) is 16.3. The highest BCUT2D eigenvalue weighted by Crippen LogP contribution is 2.63. The molecule has 3 aliphatic rings. The lowest BCUT2D eigenvalue weighted by Crippen LogP contribution is -2.53. The Morgan fingerprint density at radius 2 is 1.18 bits per heavy atom. The van der Waals surface area contributed by atoms with E-state index in [4.69, 9.17) is 4.42 Å². The van der Waals surface area contributed by atoms with E-state index in [1.54, 1.807) is 0 Å². The number of hydrogen-bond acceptors (Lipinski definition) is 4. The zero-order valence-electron chi connectivity index (χ0n) is 34.1. The molecule has 1 spiro atoms. The maximum absolute atomic E-state index is 15.0. The Morgan fingerprint density at radius 1 is 0.557 bits per heavy atom. The van der Waals surface area contributed by atoms with E-state index in [1.165, 1.54) is 6.42 Å². The minimum absolute atomic E-state index is 0.313. The third-order valence-electron chi connectivity index (χ3n) is 14.4. The Balaban J connectivity index is 1.03. The lowest BCUT2D eigenvalue weighted by molar-refractivity contribution is 0.0488. The Morgan fingerprint density at radius 3 is 2.02 bits per heavy atom. The molecule has 12 rings (SSSR count). The molecule has 61 heavy (non-hydrogen) atoms. The molecule has 0 N–H and O–H groups in total. The SMILES string of the molecule is CC1C[C@H]2CCC[C@@H](C1)C21c2ccccc2S(=O)(=O)c2cc(N(c3ccc(-c4ccccc4-c4cccc5oc6ccccc6c45)cc3)c3cccc4ccccc34)ccc21. The first-order valence-corrected chi connectivity index (χ1v) is 23.3. The van der Waals surface area contributed by atoms with Crippen LogP contribution in [0.2, 0.25) is 0 Å². The molecule has 2 aliphatic carbocycles. The zero-order valence-corrected chi connectivity index (χ0v) is 34.9. The van der Waals surface area contributed by atoms with Crippen LogP contribution in [0.1, 0.15) is 50.2 Å². The first kappa shape index (κ1) is 36.4. The number of anilines is 3. The average Bonchev–Trinajstić information content (AvgIpc) is 3.68. The number of rotatable bonds is 5. The summed E-state index contributed by atoms with van der Waals surface area (Å²) < 4.78 is 36.4. The van der Waals surface area contributed by atoms with Gasteiger partial charge in [0, 0.05) is 32.9 Å². The molecule has 2 unspecified atom stereocenters. The maximum atomic E-state index is 15.0. The van der Waals surface area contributed by atoms with Crippen molar-refractivity contribution in [1.29, 1.82) is 0 Å². The minimum atomic E-state index is -3.82. The highest BCUT2D eigenvalue weighted by atomic mass is 32.2. The Bertz CT molecular complexity index is 3290. The molecule has 9 aromatic rings. The van der Waals surface area contributed by atoms with Crippen molar-refractivity contribution in [2.75, 3.05) is 4.90 Å². The van der Waals surface area contributed by atoms with E-state index in [0.29, 0.717) is 27.5 Å². The molecule has 0 saturated heterocycles. The highest BCUT2D eigenvalue weighted by molar-refractivity contribution is 7.91. The summed E-state index contributed by atoms with van der Waals surface area (Å²) in [7, 11) is -3.82. The van der Waals surface area contributed by atoms with Crippen molar-refractivity contribution in [3.05, 3.63) is 187 Å². The molecule has 2 heterocycles. The number of benzene rings is 8. The number of furan rings is 1. The van der Waals surface area contributed by atoms with Gasteiger partial charge in [0.2, 0.25) is 9.84 Å². The Labute approximate surface area is 357 Å². The summed E-state index contributed by atoms with van der Waals surface area (Å²) in [4.78, 5) is 3.21. The highest BCUT2D eigenvalue weighted by Gasteiger charge is 2.58. The summed E-state index contributed by atoms with van der Waals surface area (Å²) in [5.41, 5.74) is 10.7. The van der Waals surface area contributed by atoms with E-state index in [0.717, 1.165) is 109 Å². The van der Waals surface area contributed by atoms with Gasteiger partial charge in [-0.05, 0) is 131 Å². The van der Waals surface area contributed by atoms with Crippen LogP contribution in [0.5, 0.6) is 0 Å². The van der Waals surface area contributed by atoms with Gasteiger partial charge in [-0.2, -0.15) is 0 Å². The summed E-state index contributed by atoms with van der Waals surface area (Å²) in [5, 5.41) is 4.44. The number of para-hydroxylation sites is 1. The van der Waals surface area contributed by atoms with Gasteiger partial charge in [0.1, 0.15) is 11.2 Å². The van der Waals surface area contributed by atoms with Gasteiger partial charge in [-0.25, -0.2) is 8.42 Å². The zero-order chi connectivity index (χ0) is 40.9. The predicted octanol–water partition coefficient (Wildman–Crippen LogP) is 14.8. The van der Waals surface area contributed by atoms with E-state index in [9.17, 15) is 0 Å². The smallest absolute Gasteiger partial charge is 0.207 e. The van der Waals surface area contributed by atoms with Crippen LogP contribution in [0.15, 0.2) is 190 Å². The van der Waals surface area contributed by atoms with Gasteiger partial charge < -0.3 is 9.32 Å². The van der Waals surface area contributed by atoms with E-state index in [2.05, 4.69) is 145 Å². The fourth-order valence-electron chi connectivity index (χ4n) is 12.1. The monoisotopic (exact) mass is 811 g/mol. The number of fused-ring (bicyclic) bond motifs is 6. The van der Waals surface area contributed by atoms with Crippen LogP contribution in [-0.4, -0.2) is 8.42 Å². The number of nitrogens with zero attached hydrogens (tertiary/aromatic N) is 1. The van der Waals surface area contributed by atoms with Crippen molar-refractivity contribution in [2.45, 2.75) is 54.2 Å². The van der Waals surface area contributed by atoms with E-state index >= 15 is 8.42 Å². The summed E-state index contributed by atoms with van der Waals surface area (Å²) in [6, 6.07) is 61.1. The molecule has 0 amide bonds. The molecule has 2 bridgehead atoms. The van der Waals surface area contributed by atoms with Crippen molar-refractivity contribution >= 4 is 59.6 Å². The first-order chi connectivity index (χ1) is 29.9. The Kier molecular flexibility index (Phi) is 8.24. The van der Waals surface area contributed by atoms with Crippen LogP contribution in [0.4, 0.5) is 17.1 Å². The second kappa shape index (κ2) is 13.8. The molecular formula is C56H45NO3S. The quantitative estimate of drug-likeness (QED) is 0.174. The van der Waals surface area contributed by atoms with Gasteiger partial charge in [-0.15, -0.1) is 0 Å². The molecule has 0 radical (unpaired) electrons. The van der Waals surface area contributed by atoms with Crippen LogP contribution < -0.4 is 4.90 Å². The van der Waals surface area contributed by atoms with Gasteiger partial charge in [0.25, 0.3) is 0 Å². The molecule has 4 nitrogen and oxygen atoms in total. The largest absolute Gasteiger partial charge is 0.456 e. The molecule has 298 valence electrons. The van der Waals surface area contributed by atoms with Crippen LogP contribution in [0, 0.1) is 17.8 Å². The third kappa shape index (κ3) is 5.39. The second-order valence-corrected chi connectivity index (χ2v) is 19.5. The molecule has 2 saturated carbocycles. The van der Waals surface area contributed by atoms with Gasteiger partial charge in [-0.3, -0.25) is 0 Å². The van der Waals surface area contributed by atoms with E-state index < -0.39 is 9.84 Å². The second-order valence-electron chi connectivity index (χ2n) is 17.7. The lowest BCUT2D eigenvalue weighted by atomic mass is 9.48. The molecule has 1 aliphatic heterocycles. The van der Waals surface area contributed by atoms with Crippen molar-refractivity contribution in [1.82, 2.24) is 0 Å². The fourth-order valence-corrected chi connectivity index (χ4v) is 13.9. The van der Waals surface area contributed by atoms with Gasteiger partial charge in [0.05, 0.1) is 15.5 Å². The summed E-state index contributed by atoms with van der Waals surface area (Å²) in [6.45, 7) is 2.39. The van der Waals surface area contributed by atoms with E-state index in [1.807, 2.05) is 42.5 Å². The van der Waals surface area contributed by atoms with Crippen LogP contribution in [-0.2, 0) is 15.3 Å². The molecular weight excluding hydrogens is 767 g/mol. The van der Waals surface area contributed by atoms with Crippen LogP contribution >= 0.6 is 0 Å². The molecule has 4 atom stereocenters. The van der Waals surface area contributed by atoms with Crippen LogP contribution in [0.25, 0.3) is 55.0 Å². The van der Waals surface area contributed by atoms with Gasteiger partial charge >= 0.3 is 0 Å². The minimum Gasteiger partial charge on any atom is -0.456 e. The van der Waals surface area contributed by atoms with Crippen molar-refractivity contribution in [3.8, 4) is 22.3 Å². The fraction of sp³-hybridized carbons (Fsp3) is 0.179. The van der Waals surface area contributed by atoms with Gasteiger partial charge in [-0.1, -0.05) is 141 Å². The standard InChI is InChI=1S/C56H45NO3S/c1-36-33-39-15-11-16-40(34-36)56(39)48-22-7-9-26-53(48)61(58,59)54-35-42(31-32-49(54)56)57(50-23-10-14-37-13-2-3-18-44(37)50)41-29-27-38(28-30-41)43-17-4-5-19-45(43)46-21-12-25-52-55(46)47-20-6-8-24-51(47)60-52/h2-10,12-14,17-32,35-36,39-40H,11,15-16,33-34H2,1H3/t36?,39-,40+,56?. The van der Waals surface area contributed by atoms with Crippen molar-refractivity contribution < 1.29 is 12.8 Å². The summed E-state index contributed by atoms with van der Waals surface area (Å²) >= 11 is 0. The Hall–Kier alpha value is -6.43. The van der Waals surface area contributed by atoms with Crippen LogP contribution in [0.3, 0.4) is 0 Å².